The van der Waals surface area contributed by atoms with E-state index in [0.717, 1.165) is 5.69 Å². The first-order valence-electron chi connectivity index (χ1n) is 5.46. The SMILES string of the molecule is Cc1ccc(C(=O)Cc2ccc(Cl)c(F)c2)cn1. The van der Waals surface area contributed by atoms with Gasteiger partial charge in [-0.15, -0.1) is 0 Å². The third-order valence-corrected chi connectivity index (χ3v) is 2.89. The van der Waals surface area contributed by atoms with E-state index in [1.165, 1.54) is 18.3 Å². The zero-order valence-electron chi connectivity index (χ0n) is 9.78. The first kappa shape index (κ1) is 12.7. The molecule has 0 spiro atoms. The molecule has 1 heterocycles. The topological polar surface area (TPSA) is 30.0 Å². The average molecular weight is 264 g/mol. The maximum atomic E-state index is 13.2. The maximum absolute atomic E-state index is 13.2. The molecule has 4 heteroatoms. The van der Waals surface area contributed by atoms with Crippen molar-refractivity contribution in [2.75, 3.05) is 0 Å². The first-order chi connectivity index (χ1) is 8.56. The fraction of sp³-hybridized carbons (Fsp3) is 0.143. The van der Waals surface area contributed by atoms with Crippen molar-refractivity contribution < 1.29 is 9.18 Å². The van der Waals surface area contributed by atoms with Crippen LogP contribution in [0.3, 0.4) is 0 Å². The average Bonchev–Trinajstić information content (AvgIpc) is 2.34. The molecule has 0 fully saturated rings. The molecule has 18 heavy (non-hydrogen) atoms. The molecule has 1 aromatic carbocycles. The summed E-state index contributed by atoms with van der Waals surface area (Å²) in [4.78, 5) is 16.0. The van der Waals surface area contributed by atoms with Crippen LogP contribution in [0.1, 0.15) is 21.6 Å². The summed E-state index contributed by atoms with van der Waals surface area (Å²) in [5.74, 6) is -0.603. The smallest absolute Gasteiger partial charge is 0.168 e. The van der Waals surface area contributed by atoms with Crippen LogP contribution in [-0.4, -0.2) is 10.8 Å². The second kappa shape index (κ2) is 5.27. The highest BCUT2D eigenvalue weighted by molar-refractivity contribution is 6.30. The number of aryl methyl sites for hydroxylation is 1. The van der Waals surface area contributed by atoms with Gasteiger partial charge in [-0.05, 0) is 36.8 Å². The maximum Gasteiger partial charge on any atom is 0.168 e. The minimum Gasteiger partial charge on any atom is -0.294 e. The van der Waals surface area contributed by atoms with Gasteiger partial charge in [-0.25, -0.2) is 4.39 Å². The van der Waals surface area contributed by atoms with Crippen molar-refractivity contribution in [3.63, 3.8) is 0 Å². The van der Waals surface area contributed by atoms with Gasteiger partial charge in [0, 0.05) is 23.9 Å². The second-order valence-corrected chi connectivity index (χ2v) is 4.44. The zero-order chi connectivity index (χ0) is 13.1. The monoisotopic (exact) mass is 263 g/mol. The summed E-state index contributed by atoms with van der Waals surface area (Å²) in [5, 5.41) is 0.0585. The molecular weight excluding hydrogens is 253 g/mol. The summed E-state index contributed by atoms with van der Waals surface area (Å²) in [5.41, 5.74) is 1.97. The summed E-state index contributed by atoms with van der Waals surface area (Å²) in [6, 6.07) is 7.87. The van der Waals surface area contributed by atoms with Gasteiger partial charge in [-0.3, -0.25) is 9.78 Å². The number of carbonyl (C=O) groups excluding carboxylic acids is 1. The Morgan fingerprint density at radius 1 is 1.33 bits per heavy atom. The number of benzene rings is 1. The van der Waals surface area contributed by atoms with Crippen molar-refractivity contribution in [3.05, 3.63) is 64.2 Å². The van der Waals surface area contributed by atoms with Crippen LogP contribution in [0.25, 0.3) is 0 Å². The Kier molecular flexibility index (Phi) is 3.72. The van der Waals surface area contributed by atoms with Crippen molar-refractivity contribution in [3.8, 4) is 0 Å². The number of hydrogen-bond donors (Lipinski definition) is 0. The van der Waals surface area contributed by atoms with Crippen LogP contribution in [0, 0.1) is 12.7 Å². The number of hydrogen-bond acceptors (Lipinski definition) is 2. The molecule has 0 aliphatic heterocycles. The predicted molar refractivity (Wildman–Crippen MR) is 68.4 cm³/mol. The van der Waals surface area contributed by atoms with E-state index >= 15 is 0 Å². The van der Waals surface area contributed by atoms with E-state index in [1.54, 1.807) is 18.2 Å². The van der Waals surface area contributed by atoms with E-state index in [-0.39, 0.29) is 17.2 Å². The van der Waals surface area contributed by atoms with Gasteiger partial charge >= 0.3 is 0 Å². The van der Waals surface area contributed by atoms with Crippen LogP contribution in [0.15, 0.2) is 36.5 Å². The summed E-state index contributed by atoms with van der Waals surface area (Å²) in [6.45, 7) is 1.85. The summed E-state index contributed by atoms with van der Waals surface area (Å²) in [7, 11) is 0. The van der Waals surface area contributed by atoms with Crippen molar-refractivity contribution in [2.24, 2.45) is 0 Å². The van der Waals surface area contributed by atoms with Crippen LogP contribution in [0.4, 0.5) is 4.39 Å². The van der Waals surface area contributed by atoms with E-state index in [1.807, 2.05) is 6.92 Å². The van der Waals surface area contributed by atoms with Gasteiger partial charge in [0.05, 0.1) is 5.02 Å². The minimum atomic E-state index is -0.510. The fourth-order valence-corrected chi connectivity index (χ4v) is 1.69. The van der Waals surface area contributed by atoms with Crippen LogP contribution < -0.4 is 0 Å². The van der Waals surface area contributed by atoms with Crippen molar-refractivity contribution in [2.45, 2.75) is 13.3 Å². The lowest BCUT2D eigenvalue weighted by molar-refractivity contribution is 0.0992. The molecule has 0 radical (unpaired) electrons. The van der Waals surface area contributed by atoms with Crippen LogP contribution in [0.2, 0.25) is 5.02 Å². The Morgan fingerprint density at radius 3 is 2.72 bits per heavy atom. The zero-order valence-corrected chi connectivity index (χ0v) is 10.5. The van der Waals surface area contributed by atoms with Crippen LogP contribution in [-0.2, 0) is 6.42 Å². The van der Waals surface area contributed by atoms with E-state index in [4.69, 9.17) is 11.6 Å². The molecule has 0 aliphatic carbocycles. The second-order valence-electron chi connectivity index (χ2n) is 4.04. The van der Waals surface area contributed by atoms with Crippen LogP contribution in [0.5, 0.6) is 0 Å². The molecule has 0 atom stereocenters. The molecule has 0 N–H and O–H groups in total. The Bertz CT molecular complexity index is 581. The van der Waals surface area contributed by atoms with Gasteiger partial charge in [-0.2, -0.15) is 0 Å². The molecule has 0 saturated carbocycles. The highest BCUT2D eigenvalue weighted by atomic mass is 35.5. The van der Waals surface area contributed by atoms with Crippen LogP contribution >= 0.6 is 11.6 Å². The number of halogens is 2. The molecule has 2 rings (SSSR count). The normalized spacial score (nSPS) is 10.4. The number of aromatic nitrogens is 1. The highest BCUT2D eigenvalue weighted by Gasteiger charge is 2.09. The Balaban J connectivity index is 2.16. The molecule has 0 aliphatic rings. The Hall–Kier alpha value is -1.74. The van der Waals surface area contributed by atoms with E-state index < -0.39 is 5.82 Å². The molecule has 0 bridgehead atoms. The van der Waals surface area contributed by atoms with Gasteiger partial charge < -0.3 is 0 Å². The largest absolute Gasteiger partial charge is 0.294 e. The molecule has 0 saturated heterocycles. The van der Waals surface area contributed by atoms with Crippen molar-refractivity contribution >= 4 is 17.4 Å². The molecule has 2 aromatic rings. The molecule has 0 unspecified atom stereocenters. The summed E-state index contributed by atoms with van der Waals surface area (Å²) in [6.07, 6.45) is 1.67. The number of pyridine rings is 1. The molecular formula is C14H11ClFNO. The van der Waals surface area contributed by atoms with E-state index in [2.05, 4.69) is 4.98 Å². The van der Waals surface area contributed by atoms with Gasteiger partial charge in [0.25, 0.3) is 0 Å². The van der Waals surface area contributed by atoms with E-state index in [9.17, 15) is 9.18 Å². The summed E-state index contributed by atoms with van der Waals surface area (Å²) < 4.78 is 13.2. The lowest BCUT2D eigenvalue weighted by Crippen LogP contribution is -2.04. The number of rotatable bonds is 3. The van der Waals surface area contributed by atoms with Gasteiger partial charge in [0.2, 0.25) is 0 Å². The first-order valence-corrected chi connectivity index (χ1v) is 5.84. The minimum absolute atomic E-state index is 0.0585. The predicted octanol–water partition coefficient (Wildman–Crippen LogP) is 3.61. The van der Waals surface area contributed by atoms with Gasteiger partial charge in [0.15, 0.2) is 5.78 Å². The quantitative estimate of drug-likeness (QED) is 0.792. The third kappa shape index (κ3) is 2.93. The van der Waals surface area contributed by atoms with E-state index in [0.29, 0.717) is 11.1 Å². The molecule has 92 valence electrons. The molecule has 1 aromatic heterocycles. The fourth-order valence-electron chi connectivity index (χ4n) is 1.57. The lowest BCUT2D eigenvalue weighted by atomic mass is 10.0. The molecule has 2 nitrogen and oxygen atoms in total. The van der Waals surface area contributed by atoms with Crippen molar-refractivity contribution in [1.82, 2.24) is 4.98 Å². The Labute approximate surface area is 109 Å². The van der Waals surface area contributed by atoms with Gasteiger partial charge in [-0.1, -0.05) is 17.7 Å². The summed E-state index contributed by atoms with van der Waals surface area (Å²) >= 11 is 5.58. The number of nitrogens with zero attached hydrogens (tertiary/aromatic N) is 1. The van der Waals surface area contributed by atoms with Gasteiger partial charge in [0.1, 0.15) is 5.82 Å². The highest BCUT2D eigenvalue weighted by Crippen LogP contribution is 2.17. The Morgan fingerprint density at radius 2 is 2.11 bits per heavy atom. The third-order valence-electron chi connectivity index (χ3n) is 2.58. The number of Topliss-reactive ketones (excluding diaryl/α,β-unsaturated/α-hetero) is 1. The molecule has 0 amide bonds. The standard InChI is InChI=1S/C14H11ClFNO/c1-9-2-4-11(8-17-9)14(18)7-10-3-5-12(15)13(16)6-10/h2-6,8H,7H2,1H3. The number of ketones is 1. The number of carbonyl (C=O) groups is 1. The van der Waals surface area contributed by atoms with Crippen molar-refractivity contribution in [1.29, 1.82) is 0 Å². The lowest BCUT2D eigenvalue weighted by Gasteiger charge is -2.03.